The first kappa shape index (κ1) is 15.3. The van der Waals surface area contributed by atoms with E-state index in [-0.39, 0.29) is 12.0 Å². The Morgan fingerprint density at radius 3 is 2.65 bits per heavy atom. The van der Waals surface area contributed by atoms with Crippen molar-refractivity contribution >= 4 is 5.91 Å². The van der Waals surface area contributed by atoms with E-state index in [0.29, 0.717) is 48.8 Å². The van der Waals surface area contributed by atoms with Gasteiger partial charge in [0.2, 0.25) is 0 Å². The molecule has 0 unspecified atom stereocenters. The SMILES string of the molecule is Cc1cc(OC2CCN(C(=O)c3cnoc3C)CC2)cc(=O)o1. The summed E-state index contributed by atoms with van der Waals surface area (Å²) in [5.41, 5.74) is 0.0798. The highest BCUT2D eigenvalue weighted by molar-refractivity contribution is 5.94. The summed E-state index contributed by atoms with van der Waals surface area (Å²) in [5.74, 6) is 1.49. The zero-order valence-electron chi connectivity index (χ0n) is 13.1. The van der Waals surface area contributed by atoms with Crippen LogP contribution < -0.4 is 10.4 Å². The van der Waals surface area contributed by atoms with Gasteiger partial charge in [0.25, 0.3) is 5.91 Å². The molecule has 1 fully saturated rings. The molecule has 0 spiro atoms. The number of carbonyl (C=O) groups is 1. The van der Waals surface area contributed by atoms with Crippen molar-refractivity contribution < 1.29 is 18.5 Å². The average molecular weight is 318 g/mol. The van der Waals surface area contributed by atoms with E-state index in [2.05, 4.69) is 5.16 Å². The Labute approximate surface area is 132 Å². The molecule has 3 rings (SSSR count). The van der Waals surface area contributed by atoms with Crippen molar-refractivity contribution in [2.45, 2.75) is 32.8 Å². The predicted molar refractivity (Wildman–Crippen MR) is 80.5 cm³/mol. The summed E-state index contributed by atoms with van der Waals surface area (Å²) in [6.45, 7) is 4.61. The molecule has 0 atom stereocenters. The van der Waals surface area contributed by atoms with Crippen molar-refractivity contribution in [2.75, 3.05) is 13.1 Å². The third kappa shape index (κ3) is 3.44. The normalized spacial score (nSPS) is 15.7. The summed E-state index contributed by atoms with van der Waals surface area (Å²) in [7, 11) is 0. The summed E-state index contributed by atoms with van der Waals surface area (Å²) in [6, 6.07) is 3.03. The number of carbonyl (C=O) groups excluding carboxylic acids is 1. The van der Waals surface area contributed by atoms with Crippen LogP contribution >= 0.6 is 0 Å². The average Bonchev–Trinajstić information content (AvgIpc) is 2.92. The molecule has 7 heteroatoms. The zero-order valence-corrected chi connectivity index (χ0v) is 13.1. The number of aryl methyl sites for hydroxylation is 2. The first-order valence-corrected chi connectivity index (χ1v) is 7.52. The first-order chi connectivity index (χ1) is 11.0. The Bertz CT molecular complexity index is 756. The highest BCUT2D eigenvalue weighted by Gasteiger charge is 2.26. The second kappa shape index (κ2) is 6.28. The molecule has 1 amide bonds. The van der Waals surface area contributed by atoms with Crippen molar-refractivity contribution in [1.82, 2.24) is 10.1 Å². The minimum Gasteiger partial charge on any atom is -0.490 e. The van der Waals surface area contributed by atoms with Crippen LogP contribution in [0.1, 0.15) is 34.7 Å². The number of rotatable bonds is 3. The molecule has 122 valence electrons. The van der Waals surface area contributed by atoms with Crippen LogP contribution in [0.15, 0.2) is 32.1 Å². The zero-order chi connectivity index (χ0) is 16.4. The van der Waals surface area contributed by atoms with Gasteiger partial charge in [-0.3, -0.25) is 4.79 Å². The van der Waals surface area contributed by atoms with E-state index in [4.69, 9.17) is 13.7 Å². The van der Waals surface area contributed by atoms with E-state index in [1.807, 2.05) is 0 Å². The van der Waals surface area contributed by atoms with Gasteiger partial charge >= 0.3 is 5.63 Å². The van der Waals surface area contributed by atoms with E-state index in [1.165, 1.54) is 12.3 Å². The van der Waals surface area contributed by atoms with Gasteiger partial charge in [0.15, 0.2) is 0 Å². The molecule has 3 heterocycles. The fourth-order valence-electron chi connectivity index (χ4n) is 2.69. The maximum atomic E-state index is 12.4. The molecule has 1 saturated heterocycles. The number of amides is 1. The Morgan fingerprint density at radius 2 is 2.04 bits per heavy atom. The molecule has 2 aromatic heterocycles. The van der Waals surface area contributed by atoms with Gasteiger partial charge in [0, 0.05) is 32.0 Å². The van der Waals surface area contributed by atoms with Crippen LogP contribution in [0, 0.1) is 13.8 Å². The Morgan fingerprint density at radius 1 is 1.30 bits per heavy atom. The standard InChI is InChI=1S/C16H18N2O5/c1-10-7-13(8-15(19)21-10)22-12-3-5-18(6-4-12)16(20)14-9-17-23-11(14)2/h7-9,12H,3-6H2,1-2H3. The lowest BCUT2D eigenvalue weighted by atomic mass is 10.1. The van der Waals surface area contributed by atoms with Gasteiger partial charge in [0.1, 0.15) is 28.9 Å². The van der Waals surface area contributed by atoms with Crippen LogP contribution in [0.4, 0.5) is 0 Å². The summed E-state index contributed by atoms with van der Waals surface area (Å²) in [6.07, 6.45) is 2.83. The van der Waals surface area contributed by atoms with Crippen molar-refractivity contribution in [3.8, 4) is 5.75 Å². The van der Waals surface area contributed by atoms with Crippen LogP contribution in [0.2, 0.25) is 0 Å². The Kier molecular flexibility index (Phi) is 4.18. The van der Waals surface area contributed by atoms with Crippen molar-refractivity contribution in [3.05, 3.63) is 45.8 Å². The highest BCUT2D eigenvalue weighted by atomic mass is 16.5. The van der Waals surface area contributed by atoms with Gasteiger partial charge in [-0.1, -0.05) is 5.16 Å². The number of nitrogens with zero attached hydrogens (tertiary/aromatic N) is 2. The maximum absolute atomic E-state index is 12.4. The topological polar surface area (TPSA) is 85.8 Å². The number of hydrogen-bond acceptors (Lipinski definition) is 6. The molecule has 0 N–H and O–H groups in total. The molecule has 23 heavy (non-hydrogen) atoms. The fourth-order valence-corrected chi connectivity index (χ4v) is 2.69. The second-order valence-corrected chi connectivity index (χ2v) is 5.63. The number of hydrogen-bond donors (Lipinski definition) is 0. The highest BCUT2D eigenvalue weighted by Crippen LogP contribution is 2.20. The fraction of sp³-hybridized carbons (Fsp3) is 0.438. The first-order valence-electron chi connectivity index (χ1n) is 7.52. The molecule has 1 aliphatic heterocycles. The van der Waals surface area contributed by atoms with Crippen LogP contribution in [-0.4, -0.2) is 35.2 Å². The second-order valence-electron chi connectivity index (χ2n) is 5.63. The summed E-state index contributed by atoms with van der Waals surface area (Å²) in [5, 5.41) is 3.64. The molecular weight excluding hydrogens is 300 g/mol. The number of ether oxygens (including phenoxy) is 1. The van der Waals surface area contributed by atoms with E-state index in [0.717, 1.165) is 0 Å². The molecule has 0 bridgehead atoms. The maximum Gasteiger partial charge on any atom is 0.339 e. The van der Waals surface area contributed by atoms with Crippen LogP contribution in [0.3, 0.4) is 0 Å². The Balaban J connectivity index is 1.59. The van der Waals surface area contributed by atoms with E-state index in [9.17, 15) is 9.59 Å². The number of piperidine rings is 1. The predicted octanol–water partition coefficient (Wildman–Crippen LogP) is 1.93. The smallest absolute Gasteiger partial charge is 0.339 e. The number of likely N-dealkylation sites (tertiary alicyclic amines) is 1. The van der Waals surface area contributed by atoms with Gasteiger partial charge in [-0.25, -0.2) is 4.79 Å². The van der Waals surface area contributed by atoms with Gasteiger partial charge in [0.05, 0.1) is 12.3 Å². The van der Waals surface area contributed by atoms with Crippen LogP contribution in [0.25, 0.3) is 0 Å². The van der Waals surface area contributed by atoms with Gasteiger partial charge in [-0.05, 0) is 13.8 Å². The van der Waals surface area contributed by atoms with Crippen molar-refractivity contribution in [3.63, 3.8) is 0 Å². The lowest BCUT2D eigenvalue weighted by Crippen LogP contribution is -2.41. The molecule has 2 aromatic rings. The largest absolute Gasteiger partial charge is 0.490 e. The molecule has 0 aromatic carbocycles. The quantitative estimate of drug-likeness (QED) is 0.859. The van der Waals surface area contributed by atoms with Crippen LogP contribution in [-0.2, 0) is 0 Å². The lowest BCUT2D eigenvalue weighted by molar-refractivity contribution is 0.0593. The summed E-state index contributed by atoms with van der Waals surface area (Å²) < 4.78 is 15.7. The van der Waals surface area contributed by atoms with Gasteiger partial charge in [-0.15, -0.1) is 0 Å². The summed E-state index contributed by atoms with van der Waals surface area (Å²) >= 11 is 0. The van der Waals surface area contributed by atoms with Crippen LogP contribution in [0.5, 0.6) is 5.75 Å². The molecular formula is C16H18N2O5. The third-order valence-electron chi connectivity index (χ3n) is 3.88. The monoisotopic (exact) mass is 318 g/mol. The van der Waals surface area contributed by atoms with Crippen molar-refractivity contribution in [1.29, 1.82) is 0 Å². The lowest BCUT2D eigenvalue weighted by Gasteiger charge is -2.32. The minimum absolute atomic E-state index is 0.0242. The summed E-state index contributed by atoms with van der Waals surface area (Å²) in [4.78, 5) is 25.5. The van der Waals surface area contributed by atoms with Gasteiger partial charge < -0.3 is 18.6 Å². The van der Waals surface area contributed by atoms with Crippen molar-refractivity contribution in [2.24, 2.45) is 0 Å². The van der Waals surface area contributed by atoms with E-state index >= 15 is 0 Å². The third-order valence-corrected chi connectivity index (χ3v) is 3.88. The molecule has 7 nitrogen and oxygen atoms in total. The number of aromatic nitrogens is 1. The molecule has 1 aliphatic rings. The van der Waals surface area contributed by atoms with E-state index in [1.54, 1.807) is 24.8 Å². The molecule has 0 saturated carbocycles. The minimum atomic E-state index is -0.421. The van der Waals surface area contributed by atoms with Gasteiger partial charge in [-0.2, -0.15) is 0 Å². The Hall–Kier alpha value is -2.57. The van der Waals surface area contributed by atoms with E-state index < -0.39 is 5.63 Å². The molecule has 0 radical (unpaired) electrons. The molecule has 0 aliphatic carbocycles.